The van der Waals surface area contributed by atoms with Crippen molar-refractivity contribution in [1.29, 1.82) is 0 Å². The van der Waals surface area contributed by atoms with Crippen LogP contribution in [-0.2, 0) is 4.74 Å². The van der Waals surface area contributed by atoms with Crippen molar-refractivity contribution in [1.82, 2.24) is 10.3 Å². The molecule has 33 heavy (non-hydrogen) atoms. The molecular weight excluding hydrogens is 440 g/mol. The number of benzene rings is 1. The number of carbonyl (C=O) groups is 1. The van der Waals surface area contributed by atoms with Gasteiger partial charge in [-0.25, -0.2) is 4.79 Å². The van der Waals surface area contributed by atoms with Crippen LogP contribution in [0.3, 0.4) is 0 Å². The number of fused-ring (bicyclic) bond motifs is 1. The Balaban J connectivity index is 1.72. The van der Waals surface area contributed by atoms with Crippen LogP contribution in [0.1, 0.15) is 73.6 Å². The SMILES string of the molecule is CCC(NC(=O)OC(C)(C)C)C1(C(C)C)CCC(Oc2cc3cc[nH]c(=O)c3cc2Cl)CC1. The van der Waals surface area contributed by atoms with Gasteiger partial charge in [-0.2, -0.15) is 0 Å². The highest BCUT2D eigenvalue weighted by Gasteiger charge is 2.45. The van der Waals surface area contributed by atoms with E-state index in [0.29, 0.717) is 22.1 Å². The summed E-state index contributed by atoms with van der Waals surface area (Å²) >= 11 is 6.44. The minimum Gasteiger partial charge on any atom is -0.489 e. The summed E-state index contributed by atoms with van der Waals surface area (Å²) in [4.78, 5) is 27.2. The van der Waals surface area contributed by atoms with Gasteiger partial charge >= 0.3 is 6.09 Å². The van der Waals surface area contributed by atoms with E-state index in [4.69, 9.17) is 21.1 Å². The van der Waals surface area contributed by atoms with Crippen LogP contribution in [0.5, 0.6) is 5.75 Å². The van der Waals surface area contributed by atoms with Gasteiger partial charge in [-0.1, -0.05) is 32.4 Å². The van der Waals surface area contributed by atoms with Gasteiger partial charge < -0.3 is 19.8 Å². The van der Waals surface area contributed by atoms with E-state index >= 15 is 0 Å². The summed E-state index contributed by atoms with van der Waals surface area (Å²) in [6.07, 6.45) is 5.76. The first-order chi connectivity index (χ1) is 15.4. The van der Waals surface area contributed by atoms with Gasteiger partial charge in [-0.15, -0.1) is 0 Å². The lowest BCUT2D eigenvalue weighted by molar-refractivity contribution is 0.00442. The van der Waals surface area contributed by atoms with Crippen LogP contribution in [0.2, 0.25) is 5.02 Å². The van der Waals surface area contributed by atoms with E-state index in [-0.39, 0.29) is 29.2 Å². The summed E-state index contributed by atoms with van der Waals surface area (Å²) in [5, 5.41) is 4.96. The maximum Gasteiger partial charge on any atom is 0.407 e. The third-order valence-corrected chi connectivity index (χ3v) is 7.22. The second-order valence-corrected chi connectivity index (χ2v) is 10.9. The third kappa shape index (κ3) is 5.84. The zero-order valence-corrected chi connectivity index (χ0v) is 21.3. The number of hydrogen-bond acceptors (Lipinski definition) is 4. The van der Waals surface area contributed by atoms with Crippen molar-refractivity contribution in [3.8, 4) is 5.75 Å². The van der Waals surface area contributed by atoms with Crippen LogP contribution in [0.15, 0.2) is 29.2 Å². The molecule has 0 radical (unpaired) electrons. The Morgan fingerprint density at radius 2 is 1.94 bits per heavy atom. The molecule has 1 fully saturated rings. The zero-order valence-electron chi connectivity index (χ0n) is 20.6. The second-order valence-electron chi connectivity index (χ2n) is 10.5. The van der Waals surface area contributed by atoms with Crippen LogP contribution in [-0.4, -0.2) is 28.8 Å². The molecule has 0 aliphatic heterocycles. The van der Waals surface area contributed by atoms with Crippen molar-refractivity contribution >= 4 is 28.5 Å². The molecular formula is C26H37ClN2O4. The van der Waals surface area contributed by atoms with Gasteiger partial charge in [0, 0.05) is 17.6 Å². The van der Waals surface area contributed by atoms with E-state index in [1.807, 2.05) is 32.9 Å². The molecule has 2 N–H and O–H groups in total. The number of halogens is 1. The van der Waals surface area contributed by atoms with Gasteiger partial charge in [-0.3, -0.25) is 4.79 Å². The summed E-state index contributed by atoms with van der Waals surface area (Å²) in [6.45, 7) is 12.2. The molecule has 6 nitrogen and oxygen atoms in total. The van der Waals surface area contributed by atoms with Crippen molar-refractivity contribution in [2.75, 3.05) is 0 Å². The van der Waals surface area contributed by atoms with Crippen LogP contribution in [0, 0.1) is 11.3 Å². The quantitative estimate of drug-likeness (QED) is 0.502. The second kappa shape index (κ2) is 9.96. The Labute approximate surface area is 201 Å². The van der Waals surface area contributed by atoms with Gasteiger partial charge in [0.25, 0.3) is 5.56 Å². The molecule has 3 rings (SSSR count). The van der Waals surface area contributed by atoms with Crippen LogP contribution < -0.4 is 15.6 Å². The van der Waals surface area contributed by atoms with Crippen molar-refractivity contribution in [3.63, 3.8) is 0 Å². The fourth-order valence-corrected chi connectivity index (χ4v) is 5.34. The average molecular weight is 477 g/mol. The molecule has 0 spiro atoms. The van der Waals surface area contributed by atoms with Crippen molar-refractivity contribution in [3.05, 3.63) is 39.8 Å². The Morgan fingerprint density at radius 3 is 2.52 bits per heavy atom. The van der Waals surface area contributed by atoms with E-state index in [1.165, 1.54) is 0 Å². The highest BCUT2D eigenvalue weighted by Crippen LogP contribution is 2.47. The van der Waals surface area contributed by atoms with E-state index in [2.05, 4.69) is 31.1 Å². The predicted molar refractivity (Wildman–Crippen MR) is 133 cm³/mol. The monoisotopic (exact) mass is 476 g/mol. The number of rotatable bonds is 6. The normalized spacial score (nSPS) is 22.2. The number of nitrogens with one attached hydrogen (secondary N) is 2. The van der Waals surface area contributed by atoms with Crippen LogP contribution >= 0.6 is 11.6 Å². The summed E-state index contributed by atoms with van der Waals surface area (Å²) in [5.41, 5.74) is -0.710. The lowest BCUT2D eigenvalue weighted by atomic mass is 9.61. The Hall–Kier alpha value is -2.21. The number of pyridine rings is 1. The Kier molecular flexibility index (Phi) is 7.67. The van der Waals surface area contributed by atoms with Crippen LogP contribution in [0.4, 0.5) is 4.79 Å². The third-order valence-electron chi connectivity index (χ3n) is 6.93. The minimum absolute atomic E-state index is 0.0218. The van der Waals surface area contributed by atoms with Gasteiger partial charge in [0.05, 0.1) is 11.1 Å². The lowest BCUT2D eigenvalue weighted by Gasteiger charge is -2.48. The first kappa shape index (κ1) is 25.4. The fourth-order valence-electron chi connectivity index (χ4n) is 5.14. The molecule has 1 aliphatic rings. The molecule has 1 aromatic carbocycles. The number of ether oxygens (including phenoxy) is 2. The molecule has 1 unspecified atom stereocenters. The molecule has 1 atom stereocenters. The van der Waals surface area contributed by atoms with Gasteiger partial charge in [-0.05, 0) is 87.8 Å². The topological polar surface area (TPSA) is 80.4 Å². The lowest BCUT2D eigenvalue weighted by Crippen LogP contribution is -2.53. The molecule has 1 heterocycles. The van der Waals surface area contributed by atoms with Crippen molar-refractivity contribution in [2.45, 2.75) is 91.4 Å². The van der Waals surface area contributed by atoms with Crippen LogP contribution in [0.25, 0.3) is 10.8 Å². The number of hydrogen-bond donors (Lipinski definition) is 2. The van der Waals surface area contributed by atoms with E-state index in [0.717, 1.165) is 37.5 Å². The van der Waals surface area contributed by atoms with Crippen molar-refractivity contribution in [2.24, 2.45) is 11.3 Å². The number of aromatic nitrogens is 1. The first-order valence-corrected chi connectivity index (χ1v) is 12.3. The number of H-pyrrole nitrogens is 1. The molecule has 2 aromatic rings. The molecule has 1 amide bonds. The maximum atomic E-state index is 12.5. The smallest absolute Gasteiger partial charge is 0.407 e. The molecule has 7 heteroatoms. The molecule has 0 bridgehead atoms. The molecule has 1 aromatic heterocycles. The number of aromatic amines is 1. The molecule has 182 valence electrons. The summed E-state index contributed by atoms with van der Waals surface area (Å²) < 4.78 is 11.8. The standard InChI is InChI=1S/C26H37ClN2O4/c1-7-22(29-24(31)33-25(4,5)6)26(16(2)3)11-8-18(9-12-26)32-21-14-17-10-13-28-23(30)19(17)15-20(21)27/h10,13-16,18,22H,7-9,11-12H2,1-6H3,(H,28,30)(H,29,31). The zero-order chi connectivity index (χ0) is 24.4. The van der Waals surface area contributed by atoms with Gasteiger partial charge in [0.15, 0.2) is 0 Å². The maximum absolute atomic E-state index is 12.5. The fraction of sp³-hybridized carbons (Fsp3) is 0.615. The van der Waals surface area contributed by atoms with Crippen molar-refractivity contribution < 1.29 is 14.3 Å². The summed E-state index contributed by atoms with van der Waals surface area (Å²) in [5.74, 6) is 1.00. The number of amides is 1. The Bertz CT molecular complexity index is 1030. The molecule has 1 saturated carbocycles. The Morgan fingerprint density at radius 1 is 1.27 bits per heavy atom. The van der Waals surface area contributed by atoms with E-state index in [9.17, 15) is 9.59 Å². The minimum atomic E-state index is -0.525. The number of alkyl carbamates (subject to hydrolysis) is 1. The summed E-state index contributed by atoms with van der Waals surface area (Å²) in [6, 6.07) is 5.39. The first-order valence-electron chi connectivity index (χ1n) is 11.9. The average Bonchev–Trinajstić information content (AvgIpc) is 2.72. The van der Waals surface area contributed by atoms with E-state index in [1.54, 1.807) is 12.3 Å². The predicted octanol–water partition coefficient (Wildman–Crippen LogP) is 6.45. The summed E-state index contributed by atoms with van der Waals surface area (Å²) in [7, 11) is 0. The van der Waals surface area contributed by atoms with Gasteiger partial charge in [0.2, 0.25) is 0 Å². The van der Waals surface area contributed by atoms with Gasteiger partial charge in [0.1, 0.15) is 11.4 Å². The number of carbonyl (C=O) groups excluding carboxylic acids is 1. The van der Waals surface area contributed by atoms with E-state index < -0.39 is 5.60 Å². The molecule has 1 aliphatic carbocycles. The largest absolute Gasteiger partial charge is 0.489 e. The molecule has 0 saturated heterocycles. The highest BCUT2D eigenvalue weighted by molar-refractivity contribution is 6.32. The highest BCUT2D eigenvalue weighted by atomic mass is 35.5.